The van der Waals surface area contributed by atoms with E-state index in [-0.39, 0.29) is 4.90 Å². The molecule has 0 saturated carbocycles. The van der Waals surface area contributed by atoms with Crippen molar-refractivity contribution in [3.63, 3.8) is 0 Å². The Kier molecular flexibility index (Phi) is 3.90. The lowest BCUT2D eigenvalue weighted by Crippen LogP contribution is -2.35. The van der Waals surface area contributed by atoms with Gasteiger partial charge in [0.05, 0.1) is 12.7 Å². The number of nitrogens with zero attached hydrogens (tertiary/aromatic N) is 3. The van der Waals surface area contributed by atoms with Crippen LogP contribution in [0.4, 0.5) is 16.3 Å². The standard InChI is InChI=1S/C19H23N5O3S/c1-23-8-9-24-18(23)16(11-20-24)28(26,27)22-19(25)21-17-14-6-2-4-12(14)10-13-5-3-7-15(13)17/h10-11H,2-9H2,1H3,(H2,21,22,25). The van der Waals surface area contributed by atoms with Crippen molar-refractivity contribution in [2.75, 3.05) is 23.8 Å². The Morgan fingerprint density at radius 1 is 1.07 bits per heavy atom. The molecule has 1 aromatic carbocycles. The van der Waals surface area contributed by atoms with E-state index in [9.17, 15) is 13.2 Å². The van der Waals surface area contributed by atoms with E-state index < -0.39 is 16.1 Å². The van der Waals surface area contributed by atoms with Gasteiger partial charge in [0.2, 0.25) is 0 Å². The maximum atomic E-state index is 12.8. The number of anilines is 2. The molecule has 2 heterocycles. The topological polar surface area (TPSA) is 96.3 Å². The highest BCUT2D eigenvalue weighted by Gasteiger charge is 2.31. The molecule has 0 bridgehead atoms. The lowest BCUT2D eigenvalue weighted by molar-refractivity contribution is 0.256. The van der Waals surface area contributed by atoms with Gasteiger partial charge in [0.1, 0.15) is 10.7 Å². The number of nitrogens with one attached hydrogen (secondary N) is 2. The summed E-state index contributed by atoms with van der Waals surface area (Å²) in [5, 5.41) is 6.99. The number of likely N-dealkylation sites (N-methyl/N-ethyl adjacent to an activating group) is 1. The molecule has 148 valence electrons. The third-order valence-electron chi connectivity index (χ3n) is 6.02. The lowest BCUT2D eigenvalue weighted by atomic mass is 9.99. The van der Waals surface area contributed by atoms with Gasteiger partial charge in [0.25, 0.3) is 10.0 Å². The summed E-state index contributed by atoms with van der Waals surface area (Å²) in [5.74, 6) is 0.516. The Labute approximate surface area is 164 Å². The van der Waals surface area contributed by atoms with E-state index in [1.54, 1.807) is 4.68 Å². The molecule has 2 aliphatic carbocycles. The quantitative estimate of drug-likeness (QED) is 0.818. The fourth-order valence-corrected chi connectivity index (χ4v) is 5.83. The first-order chi connectivity index (χ1) is 13.4. The molecule has 2 aromatic rings. The number of benzene rings is 1. The van der Waals surface area contributed by atoms with Crippen molar-refractivity contribution in [1.29, 1.82) is 0 Å². The average Bonchev–Trinajstić information content (AvgIpc) is 3.38. The molecule has 1 aliphatic heterocycles. The molecular weight excluding hydrogens is 378 g/mol. The highest BCUT2D eigenvalue weighted by molar-refractivity contribution is 7.90. The van der Waals surface area contributed by atoms with Gasteiger partial charge >= 0.3 is 6.03 Å². The SMILES string of the molecule is CN1CCn2ncc(S(=O)(=O)NC(=O)Nc3c4c(cc5c3CCC5)CCC4)c21. The van der Waals surface area contributed by atoms with Gasteiger partial charge in [-0.3, -0.25) is 0 Å². The number of aryl methyl sites for hydroxylation is 2. The van der Waals surface area contributed by atoms with Crippen LogP contribution in [0.15, 0.2) is 17.2 Å². The molecule has 3 aliphatic rings. The van der Waals surface area contributed by atoms with Gasteiger partial charge in [-0.15, -0.1) is 0 Å². The molecular formula is C19H23N5O3S. The van der Waals surface area contributed by atoms with Crippen molar-refractivity contribution >= 4 is 27.6 Å². The fraction of sp³-hybridized carbons (Fsp3) is 0.474. The van der Waals surface area contributed by atoms with Gasteiger partial charge in [-0.05, 0) is 60.8 Å². The van der Waals surface area contributed by atoms with Crippen molar-refractivity contribution in [1.82, 2.24) is 14.5 Å². The van der Waals surface area contributed by atoms with E-state index in [4.69, 9.17) is 0 Å². The summed E-state index contributed by atoms with van der Waals surface area (Å²) in [5.41, 5.74) is 5.73. The molecule has 2 N–H and O–H groups in total. The number of aromatic nitrogens is 2. The number of hydrogen-bond acceptors (Lipinski definition) is 5. The molecule has 0 unspecified atom stereocenters. The minimum absolute atomic E-state index is 0.0335. The van der Waals surface area contributed by atoms with E-state index in [1.807, 2.05) is 11.9 Å². The van der Waals surface area contributed by atoms with Crippen molar-refractivity contribution in [2.24, 2.45) is 0 Å². The van der Waals surface area contributed by atoms with E-state index >= 15 is 0 Å². The van der Waals surface area contributed by atoms with Gasteiger partial charge in [-0.25, -0.2) is 22.6 Å². The molecule has 0 radical (unpaired) electrons. The molecule has 1 aromatic heterocycles. The summed E-state index contributed by atoms with van der Waals surface area (Å²) in [4.78, 5) is 14.5. The molecule has 5 rings (SSSR count). The van der Waals surface area contributed by atoms with Crippen LogP contribution in [-0.2, 0) is 42.3 Å². The molecule has 9 heteroatoms. The zero-order valence-electron chi connectivity index (χ0n) is 15.8. The van der Waals surface area contributed by atoms with Gasteiger partial charge in [0.15, 0.2) is 0 Å². The summed E-state index contributed by atoms with van der Waals surface area (Å²) in [6.07, 6.45) is 7.33. The van der Waals surface area contributed by atoms with Crippen LogP contribution < -0.4 is 14.9 Å². The number of amides is 2. The predicted molar refractivity (Wildman–Crippen MR) is 105 cm³/mol. The number of sulfonamides is 1. The maximum Gasteiger partial charge on any atom is 0.333 e. The minimum Gasteiger partial charge on any atom is -0.357 e. The Balaban J connectivity index is 1.42. The van der Waals surface area contributed by atoms with Gasteiger partial charge in [-0.1, -0.05) is 6.07 Å². The van der Waals surface area contributed by atoms with Crippen LogP contribution in [0.5, 0.6) is 0 Å². The highest BCUT2D eigenvalue weighted by atomic mass is 32.2. The summed E-state index contributed by atoms with van der Waals surface area (Å²) in [6.45, 7) is 1.33. The van der Waals surface area contributed by atoms with Gasteiger partial charge < -0.3 is 10.2 Å². The monoisotopic (exact) mass is 401 g/mol. The molecule has 0 atom stereocenters. The second kappa shape index (κ2) is 6.23. The van der Waals surface area contributed by atoms with Crippen molar-refractivity contribution in [3.05, 3.63) is 34.5 Å². The Hall–Kier alpha value is -2.55. The zero-order chi connectivity index (χ0) is 19.5. The number of carbonyl (C=O) groups excluding carboxylic acids is 1. The zero-order valence-corrected chi connectivity index (χ0v) is 16.6. The molecule has 0 saturated heterocycles. The number of fused-ring (bicyclic) bond motifs is 3. The number of carbonyl (C=O) groups is 1. The van der Waals surface area contributed by atoms with Crippen molar-refractivity contribution in [3.8, 4) is 0 Å². The summed E-state index contributed by atoms with van der Waals surface area (Å²) < 4.78 is 29.5. The molecule has 0 spiro atoms. The van der Waals surface area contributed by atoms with Crippen LogP contribution in [0.1, 0.15) is 35.1 Å². The third kappa shape index (κ3) is 2.68. The van der Waals surface area contributed by atoms with Crippen molar-refractivity contribution < 1.29 is 13.2 Å². The largest absolute Gasteiger partial charge is 0.357 e. The van der Waals surface area contributed by atoms with E-state index in [0.29, 0.717) is 18.9 Å². The second-order valence-corrected chi connectivity index (χ2v) is 9.42. The van der Waals surface area contributed by atoms with Crippen LogP contribution >= 0.6 is 0 Å². The highest BCUT2D eigenvalue weighted by Crippen LogP contribution is 2.38. The minimum atomic E-state index is -4.01. The number of rotatable bonds is 3. The molecule has 2 amide bonds. The average molecular weight is 401 g/mol. The third-order valence-corrected chi connectivity index (χ3v) is 7.34. The van der Waals surface area contributed by atoms with Gasteiger partial charge in [-0.2, -0.15) is 5.10 Å². The first-order valence-corrected chi connectivity index (χ1v) is 11.2. The normalized spacial score (nSPS) is 17.4. The summed E-state index contributed by atoms with van der Waals surface area (Å²) >= 11 is 0. The Bertz CT molecular complexity index is 1060. The smallest absolute Gasteiger partial charge is 0.333 e. The van der Waals surface area contributed by atoms with Crippen LogP contribution in [-0.4, -0.2) is 37.8 Å². The molecule has 28 heavy (non-hydrogen) atoms. The fourth-order valence-electron chi connectivity index (χ4n) is 4.73. The van der Waals surface area contributed by atoms with Crippen LogP contribution in [0.2, 0.25) is 0 Å². The molecule has 8 nitrogen and oxygen atoms in total. The first kappa shape index (κ1) is 17.5. The first-order valence-electron chi connectivity index (χ1n) is 9.71. The summed E-state index contributed by atoms with van der Waals surface area (Å²) in [7, 11) is -2.19. The molecule has 0 fully saturated rings. The predicted octanol–water partition coefficient (Wildman–Crippen LogP) is 1.82. The van der Waals surface area contributed by atoms with Gasteiger partial charge in [0, 0.05) is 19.3 Å². The summed E-state index contributed by atoms with van der Waals surface area (Å²) in [6, 6.07) is 1.56. The number of hydrogen-bond donors (Lipinski definition) is 2. The Morgan fingerprint density at radius 2 is 1.75 bits per heavy atom. The van der Waals surface area contributed by atoms with E-state index in [0.717, 1.165) is 44.2 Å². The number of urea groups is 1. The lowest BCUT2D eigenvalue weighted by Gasteiger charge is -2.17. The van der Waals surface area contributed by atoms with Crippen molar-refractivity contribution in [2.45, 2.75) is 50.0 Å². The Morgan fingerprint density at radius 3 is 2.43 bits per heavy atom. The second-order valence-electron chi connectivity index (χ2n) is 7.77. The van der Waals surface area contributed by atoms with Crippen LogP contribution in [0.3, 0.4) is 0 Å². The van der Waals surface area contributed by atoms with E-state index in [2.05, 4.69) is 21.2 Å². The van der Waals surface area contributed by atoms with Crippen LogP contribution in [0, 0.1) is 0 Å². The maximum absolute atomic E-state index is 12.8. The van der Waals surface area contributed by atoms with Crippen LogP contribution in [0.25, 0.3) is 0 Å². The van der Waals surface area contributed by atoms with E-state index in [1.165, 1.54) is 28.5 Å².